The van der Waals surface area contributed by atoms with Crippen LogP contribution >= 0.6 is 0 Å². The van der Waals surface area contributed by atoms with Gasteiger partial charge in [-0.2, -0.15) is 0 Å². The highest BCUT2D eigenvalue weighted by Gasteiger charge is 2.45. The minimum Gasteiger partial charge on any atom is -0.508 e. The number of phenolic OH excluding ortho intramolecular Hbond substituents is 1. The van der Waals surface area contributed by atoms with Crippen LogP contribution in [0.25, 0.3) is 0 Å². The smallest absolute Gasteiger partial charge is 0.119 e. The molecular formula is C16H23NO. The minimum absolute atomic E-state index is 0.448. The normalized spacial score (nSPS) is 24.3. The SMILES string of the molecule is CC(C)C1(CNC2CCc3c(O)cccc32)CC1. The molecule has 1 aromatic rings. The van der Waals surface area contributed by atoms with Crippen LogP contribution in [0.1, 0.15) is 50.3 Å². The lowest BCUT2D eigenvalue weighted by atomic mass is 9.92. The molecule has 1 saturated carbocycles. The average molecular weight is 245 g/mol. The topological polar surface area (TPSA) is 32.3 Å². The zero-order valence-corrected chi connectivity index (χ0v) is 11.4. The van der Waals surface area contributed by atoms with Crippen molar-refractivity contribution in [3.8, 4) is 5.75 Å². The van der Waals surface area contributed by atoms with E-state index in [-0.39, 0.29) is 0 Å². The van der Waals surface area contributed by atoms with Crippen molar-refractivity contribution in [1.82, 2.24) is 5.32 Å². The predicted octanol–water partition coefficient (Wildman–Crippen LogP) is 3.41. The zero-order chi connectivity index (χ0) is 12.8. The summed E-state index contributed by atoms with van der Waals surface area (Å²) >= 11 is 0. The van der Waals surface area contributed by atoms with Crippen molar-refractivity contribution in [3.05, 3.63) is 29.3 Å². The summed E-state index contributed by atoms with van der Waals surface area (Å²) in [6.07, 6.45) is 4.88. The Bertz CT molecular complexity index is 448. The van der Waals surface area contributed by atoms with Crippen LogP contribution in [0.5, 0.6) is 5.75 Å². The van der Waals surface area contributed by atoms with Crippen LogP contribution in [0.4, 0.5) is 0 Å². The van der Waals surface area contributed by atoms with Crippen LogP contribution in [-0.2, 0) is 6.42 Å². The molecule has 0 amide bonds. The highest BCUT2D eigenvalue weighted by atomic mass is 16.3. The standard InChI is InChI=1S/C16H23NO/c1-11(2)16(8-9-16)10-17-14-7-6-13-12(14)4-3-5-15(13)18/h3-5,11,14,17-18H,6-10H2,1-2H3. The number of nitrogens with one attached hydrogen (secondary N) is 1. The first-order valence-electron chi connectivity index (χ1n) is 7.16. The maximum atomic E-state index is 9.85. The molecular weight excluding hydrogens is 222 g/mol. The van der Waals surface area contributed by atoms with Gasteiger partial charge in [-0.15, -0.1) is 0 Å². The van der Waals surface area contributed by atoms with Crippen LogP contribution in [0, 0.1) is 11.3 Å². The molecule has 3 rings (SSSR count). The van der Waals surface area contributed by atoms with Crippen LogP contribution in [0.15, 0.2) is 18.2 Å². The average Bonchev–Trinajstić information content (AvgIpc) is 3.03. The Hall–Kier alpha value is -1.02. The van der Waals surface area contributed by atoms with Gasteiger partial charge in [0.2, 0.25) is 0 Å². The molecule has 1 aromatic carbocycles. The third-order valence-corrected chi connectivity index (χ3v) is 5.06. The fourth-order valence-corrected chi connectivity index (χ4v) is 3.29. The van der Waals surface area contributed by atoms with E-state index in [1.54, 1.807) is 6.07 Å². The van der Waals surface area contributed by atoms with Gasteiger partial charge in [0, 0.05) is 12.6 Å². The molecule has 1 unspecified atom stereocenters. The molecule has 0 aromatic heterocycles. The van der Waals surface area contributed by atoms with E-state index in [1.165, 1.54) is 18.4 Å². The van der Waals surface area contributed by atoms with Gasteiger partial charge < -0.3 is 10.4 Å². The molecule has 98 valence electrons. The van der Waals surface area contributed by atoms with Crippen LogP contribution in [0.2, 0.25) is 0 Å². The second-order valence-electron chi connectivity index (χ2n) is 6.33. The minimum atomic E-state index is 0.448. The molecule has 2 nitrogen and oxygen atoms in total. The van der Waals surface area contributed by atoms with Gasteiger partial charge in [-0.1, -0.05) is 26.0 Å². The van der Waals surface area contributed by atoms with E-state index >= 15 is 0 Å². The Labute approximate surface area is 109 Å². The van der Waals surface area contributed by atoms with Crippen molar-refractivity contribution in [3.63, 3.8) is 0 Å². The van der Waals surface area contributed by atoms with E-state index in [2.05, 4.69) is 25.2 Å². The van der Waals surface area contributed by atoms with Crippen molar-refractivity contribution < 1.29 is 5.11 Å². The number of rotatable bonds is 4. The number of phenols is 1. The van der Waals surface area contributed by atoms with Crippen molar-refractivity contribution in [2.75, 3.05) is 6.54 Å². The van der Waals surface area contributed by atoms with Gasteiger partial charge in [0.25, 0.3) is 0 Å². The van der Waals surface area contributed by atoms with Gasteiger partial charge in [0.15, 0.2) is 0 Å². The number of aromatic hydroxyl groups is 1. The Morgan fingerprint density at radius 1 is 1.39 bits per heavy atom. The molecule has 0 radical (unpaired) electrons. The molecule has 0 bridgehead atoms. The second kappa shape index (κ2) is 4.27. The third kappa shape index (κ3) is 1.93. The maximum Gasteiger partial charge on any atom is 0.119 e. The lowest BCUT2D eigenvalue weighted by molar-refractivity contribution is 0.320. The highest BCUT2D eigenvalue weighted by Crippen LogP contribution is 2.51. The summed E-state index contributed by atoms with van der Waals surface area (Å²) in [5.74, 6) is 1.25. The molecule has 18 heavy (non-hydrogen) atoms. The second-order valence-corrected chi connectivity index (χ2v) is 6.33. The van der Waals surface area contributed by atoms with E-state index in [4.69, 9.17) is 0 Å². The van der Waals surface area contributed by atoms with Gasteiger partial charge in [0.05, 0.1) is 0 Å². The van der Waals surface area contributed by atoms with Gasteiger partial charge >= 0.3 is 0 Å². The van der Waals surface area contributed by atoms with Crippen molar-refractivity contribution >= 4 is 0 Å². The Morgan fingerprint density at radius 3 is 2.83 bits per heavy atom. The molecule has 2 aliphatic carbocycles. The summed E-state index contributed by atoms with van der Waals surface area (Å²) in [5, 5.41) is 13.6. The van der Waals surface area contributed by atoms with Gasteiger partial charge in [-0.25, -0.2) is 0 Å². The number of benzene rings is 1. The summed E-state index contributed by atoms with van der Waals surface area (Å²) in [6.45, 7) is 5.80. The summed E-state index contributed by atoms with van der Waals surface area (Å²) < 4.78 is 0. The number of hydrogen-bond acceptors (Lipinski definition) is 2. The van der Waals surface area contributed by atoms with Crippen LogP contribution in [0.3, 0.4) is 0 Å². The first-order chi connectivity index (χ1) is 8.62. The lowest BCUT2D eigenvalue weighted by Gasteiger charge is -2.23. The first kappa shape index (κ1) is 12.0. The van der Waals surface area contributed by atoms with Crippen LogP contribution in [-0.4, -0.2) is 11.7 Å². The van der Waals surface area contributed by atoms with Gasteiger partial charge in [-0.3, -0.25) is 0 Å². The summed E-state index contributed by atoms with van der Waals surface area (Å²) in [5.41, 5.74) is 3.03. The van der Waals surface area contributed by atoms with Gasteiger partial charge in [0.1, 0.15) is 5.75 Å². The van der Waals surface area contributed by atoms with Crippen molar-refractivity contribution in [2.24, 2.45) is 11.3 Å². The van der Waals surface area contributed by atoms with Crippen molar-refractivity contribution in [1.29, 1.82) is 0 Å². The first-order valence-corrected chi connectivity index (χ1v) is 7.16. The monoisotopic (exact) mass is 245 g/mol. The molecule has 2 N–H and O–H groups in total. The van der Waals surface area contributed by atoms with Crippen LogP contribution < -0.4 is 5.32 Å². The largest absolute Gasteiger partial charge is 0.508 e. The zero-order valence-electron chi connectivity index (χ0n) is 11.4. The molecule has 2 aliphatic rings. The maximum absolute atomic E-state index is 9.85. The highest BCUT2D eigenvalue weighted by molar-refractivity contribution is 5.44. The van der Waals surface area contributed by atoms with E-state index in [0.717, 1.165) is 30.9 Å². The molecule has 2 heteroatoms. The Kier molecular flexibility index (Phi) is 2.86. The van der Waals surface area contributed by atoms with E-state index in [9.17, 15) is 5.11 Å². The third-order valence-electron chi connectivity index (χ3n) is 5.06. The quantitative estimate of drug-likeness (QED) is 0.852. The summed E-state index contributed by atoms with van der Waals surface area (Å²) in [4.78, 5) is 0. The lowest BCUT2D eigenvalue weighted by Crippen LogP contribution is -2.30. The number of fused-ring (bicyclic) bond motifs is 1. The summed E-state index contributed by atoms with van der Waals surface area (Å²) in [6, 6.07) is 6.37. The van der Waals surface area contributed by atoms with Gasteiger partial charge in [-0.05, 0) is 54.2 Å². The Morgan fingerprint density at radius 2 is 2.17 bits per heavy atom. The molecule has 0 heterocycles. The fraction of sp³-hybridized carbons (Fsp3) is 0.625. The molecule has 1 atom stereocenters. The van der Waals surface area contributed by atoms with E-state index in [1.807, 2.05) is 6.07 Å². The fourth-order valence-electron chi connectivity index (χ4n) is 3.29. The van der Waals surface area contributed by atoms with E-state index in [0.29, 0.717) is 17.2 Å². The number of hydrogen-bond donors (Lipinski definition) is 2. The Balaban J connectivity index is 1.69. The molecule has 0 saturated heterocycles. The molecule has 0 spiro atoms. The molecule has 1 fully saturated rings. The molecule has 0 aliphatic heterocycles. The predicted molar refractivity (Wildman–Crippen MR) is 73.7 cm³/mol. The summed E-state index contributed by atoms with van der Waals surface area (Å²) in [7, 11) is 0. The van der Waals surface area contributed by atoms with Crippen molar-refractivity contribution in [2.45, 2.75) is 45.6 Å². The van der Waals surface area contributed by atoms with E-state index < -0.39 is 0 Å².